The van der Waals surface area contributed by atoms with Crippen LogP contribution in [0.5, 0.6) is 0 Å². The number of unbranched alkanes of at least 4 members (excludes halogenated alkanes) is 7. The first-order valence-corrected chi connectivity index (χ1v) is 7.09. The molecule has 1 unspecified atom stereocenters. The minimum atomic E-state index is 0.912. The fourth-order valence-corrected chi connectivity index (χ4v) is 2.15. The Bertz CT molecular complexity index is 107. The van der Waals surface area contributed by atoms with Gasteiger partial charge in [0.2, 0.25) is 0 Å². The van der Waals surface area contributed by atoms with Crippen LogP contribution in [0.15, 0.2) is 0 Å². The van der Waals surface area contributed by atoms with Gasteiger partial charge >= 0.3 is 0 Å². The van der Waals surface area contributed by atoms with E-state index in [-0.39, 0.29) is 0 Å². The number of rotatable bonds is 11. The topological polar surface area (TPSA) is 0 Å². The van der Waals surface area contributed by atoms with E-state index in [9.17, 15) is 0 Å². The van der Waals surface area contributed by atoms with E-state index < -0.39 is 0 Å². The van der Waals surface area contributed by atoms with Crippen molar-refractivity contribution in [3.05, 3.63) is 6.42 Å². The van der Waals surface area contributed by atoms with E-state index in [1.807, 2.05) is 0 Å². The molecule has 0 N–H and O–H groups in total. The van der Waals surface area contributed by atoms with Crippen LogP contribution in [0.3, 0.4) is 0 Å². The van der Waals surface area contributed by atoms with Crippen molar-refractivity contribution < 1.29 is 0 Å². The van der Waals surface area contributed by atoms with Crippen molar-refractivity contribution in [2.75, 3.05) is 0 Å². The predicted molar refractivity (Wildman–Crippen MR) is 71.0 cm³/mol. The summed E-state index contributed by atoms with van der Waals surface area (Å²) < 4.78 is 0. The Labute approximate surface area is 97.8 Å². The second-order valence-corrected chi connectivity index (χ2v) is 5.01. The zero-order valence-electron chi connectivity index (χ0n) is 11.2. The van der Waals surface area contributed by atoms with E-state index in [0.29, 0.717) is 0 Å². The predicted octanol–water partition coefficient (Wildman–Crippen LogP) is 5.77. The van der Waals surface area contributed by atoms with Gasteiger partial charge in [0.1, 0.15) is 0 Å². The smallest absolute Gasteiger partial charge is 0.0414 e. The highest BCUT2D eigenvalue weighted by Crippen LogP contribution is 2.15. The van der Waals surface area contributed by atoms with Crippen LogP contribution >= 0.6 is 0 Å². The number of hydrogen-bond donors (Lipinski definition) is 0. The van der Waals surface area contributed by atoms with E-state index >= 15 is 0 Å². The first-order chi connectivity index (χ1) is 7.31. The SMILES string of the molecule is C[CH]CC(C)CCCCCCCCCC. The molecule has 0 aromatic rings. The highest BCUT2D eigenvalue weighted by Gasteiger charge is 1.99. The Morgan fingerprint density at radius 3 is 1.93 bits per heavy atom. The van der Waals surface area contributed by atoms with Crippen LogP contribution in [-0.4, -0.2) is 0 Å². The molecule has 0 saturated carbocycles. The molecule has 0 amide bonds. The Balaban J connectivity index is 2.98. The molecule has 0 rings (SSSR count). The van der Waals surface area contributed by atoms with Crippen molar-refractivity contribution in [2.24, 2.45) is 5.92 Å². The maximum Gasteiger partial charge on any atom is -0.0414 e. The van der Waals surface area contributed by atoms with Gasteiger partial charge in [0.15, 0.2) is 0 Å². The van der Waals surface area contributed by atoms with Gasteiger partial charge in [0, 0.05) is 0 Å². The van der Waals surface area contributed by atoms with Crippen LogP contribution in [0.25, 0.3) is 0 Å². The lowest BCUT2D eigenvalue weighted by Crippen LogP contribution is -1.93. The van der Waals surface area contributed by atoms with Crippen molar-refractivity contribution in [3.63, 3.8) is 0 Å². The standard InChI is InChI=1S/C15H31/c1-4-6-7-8-9-10-11-12-14-15(3)13-5-2/h5,15H,4,6-14H2,1-3H3. The second kappa shape index (κ2) is 12.1. The van der Waals surface area contributed by atoms with Gasteiger partial charge < -0.3 is 0 Å². The van der Waals surface area contributed by atoms with Crippen LogP contribution in [0, 0.1) is 12.3 Å². The summed E-state index contributed by atoms with van der Waals surface area (Å²) in [6, 6.07) is 0. The molecular formula is C15H31. The summed E-state index contributed by atoms with van der Waals surface area (Å²) in [6.07, 6.45) is 16.6. The minimum Gasteiger partial charge on any atom is -0.0654 e. The summed E-state index contributed by atoms with van der Waals surface area (Å²) >= 11 is 0. The van der Waals surface area contributed by atoms with Crippen LogP contribution < -0.4 is 0 Å². The van der Waals surface area contributed by atoms with Crippen molar-refractivity contribution >= 4 is 0 Å². The quantitative estimate of drug-likeness (QED) is 0.381. The summed E-state index contributed by atoms with van der Waals surface area (Å²) in [5.74, 6) is 0.912. The lowest BCUT2D eigenvalue weighted by Gasteiger charge is -2.08. The van der Waals surface area contributed by atoms with E-state index in [1.165, 1.54) is 64.2 Å². The van der Waals surface area contributed by atoms with Crippen molar-refractivity contribution in [1.29, 1.82) is 0 Å². The molecule has 0 bridgehead atoms. The summed E-state index contributed by atoms with van der Waals surface area (Å²) in [7, 11) is 0. The maximum atomic E-state index is 2.38. The Morgan fingerprint density at radius 2 is 1.40 bits per heavy atom. The molecule has 0 aliphatic heterocycles. The Morgan fingerprint density at radius 1 is 0.867 bits per heavy atom. The first kappa shape index (κ1) is 15.0. The zero-order valence-corrected chi connectivity index (χ0v) is 11.2. The van der Waals surface area contributed by atoms with Gasteiger partial charge in [-0.3, -0.25) is 0 Å². The van der Waals surface area contributed by atoms with E-state index in [1.54, 1.807) is 0 Å². The molecule has 15 heavy (non-hydrogen) atoms. The monoisotopic (exact) mass is 211 g/mol. The van der Waals surface area contributed by atoms with Gasteiger partial charge in [-0.2, -0.15) is 0 Å². The first-order valence-electron chi connectivity index (χ1n) is 7.09. The molecule has 1 atom stereocenters. The molecule has 1 radical (unpaired) electrons. The van der Waals surface area contributed by atoms with E-state index in [0.717, 1.165) is 5.92 Å². The maximum absolute atomic E-state index is 2.38. The molecule has 0 heterocycles. The van der Waals surface area contributed by atoms with Gasteiger partial charge in [-0.15, -0.1) is 0 Å². The Hall–Kier alpha value is 0. The highest BCUT2D eigenvalue weighted by molar-refractivity contribution is 4.62. The fourth-order valence-electron chi connectivity index (χ4n) is 2.15. The summed E-state index contributed by atoms with van der Waals surface area (Å²) in [5.41, 5.74) is 0. The van der Waals surface area contributed by atoms with Crippen LogP contribution in [-0.2, 0) is 0 Å². The molecular weight excluding hydrogens is 180 g/mol. The lowest BCUT2D eigenvalue weighted by atomic mass is 9.98. The summed E-state index contributed by atoms with van der Waals surface area (Å²) in [6.45, 7) is 6.83. The van der Waals surface area contributed by atoms with Crippen molar-refractivity contribution in [1.82, 2.24) is 0 Å². The van der Waals surface area contributed by atoms with Gasteiger partial charge in [-0.25, -0.2) is 0 Å². The lowest BCUT2D eigenvalue weighted by molar-refractivity contribution is 0.476. The third-order valence-electron chi connectivity index (χ3n) is 3.19. The molecule has 0 aliphatic carbocycles. The van der Waals surface area contributed by atoms with E-state index in [2.05, 4.69) is 27.2 Å². The molecule has 0 aromatic carbocycles. The molecule has 0 saturated heterocycles. The Kier molecular flexibility index (Phi) is 12.1. The van der Waals surface area contributed by atoms with E-state index in [4.69, 9.17) is 0 Å². The summed E-state index contributed by atoms with van der Waals surface area (Å²) in [5, 5.41) is 0. The van der Waals surface area contributed by atoms with Crippen molar-refractivity contribution in [3.8, 4) is 0 Å². The van der Waals surface area contributed by atoms with Crippen LogP contribution in [0.1, 0.15) is 85.0 Å². The number of hydrogen-bond acceptors (Lipinski definition) is 0. The molecule has 0 heteroatoms. The average molecular weight is 211 g/mol. The highest BCUT2D eigenvalue weighted by atomic mass is 14.1. The molecule has 0 nitrogen and oxygen atoms in total. The van der Waals surface area contributed by atoms with Gasteiger partial charge in [-0.05, 0) is 18.8 Å². The molecule has 91 valence electrons. The van der Waals surface area contributed by atoms with Crippen LogP contribution in [0.4, 0.5) is 0 Å². The normalized spacial score (nSPS) is 13.0. The molecule has 0 fully saturated rings. The minimum absolute atomic E-state index is 0.912. The third-order valence-corrected chi connectivity index (χ3v) is 3.19. The molecule has 0 spiro atoms. The van der Waals surface area contributed by atoms with Gasteiger partial charge in [0.25, 0.3) is 0 Å². The third kappa shape index (κ3) is 11.9. The summed E-state index contributed by atoms with van der Waals surface area (Å²) in [4.78, 5) is 0. The second-order valence-electron chi connectivity index (χ2n) is 5.01. The molecule has 0 aromatic heterocycles. The largest absolute Gasteiger partial charge is 0.0654 e. The van der Waals surface area contributed by atoms with Crippen LogP contribution in [0.2, 0.25) is 0 Å². The van der Waals surface area contributed by atoms with Crippen molar-refractivity contribution in [2.45, 2.75) is 85.0 Å². The fraction of sp³-hybridized carbons (Fsp3) is 0.933. The van der Waals surface area contributed by atoms with Gasteiger partial charge in [-0.1, -0.05) is 78.6 Å². The molecule has 0 aliphatic rings. The zero-order chi connectivity index (χ0) is 11.4. The van der Waals surface area contributed by atoms with Gasteiger partial charge in [0.05, 0.1) is 0 Å². The average Bonchev–Trinajstić information content (AvgIpc) is 2.22.